The van der Waals surface area contributed by atoms with Crippen LogP contribution in [0, 0.1) is 0 Å². The predicted octanol–water partition coefficient (Wildman–Crippen LogP) is 4.87. The van der Waals surface area contributed by atoms with Gasteiger partial charge in [0.05, 0.1) is 4.90 Å². The van der Waals surface area contributed by atoms with Crippen LogP contribution in [0.3, 0.4) is 0 Å². The van der Waals surface area contributed by atoms with Gasteiger partial charge in [-0.05, 0) is 51.3 Å². The van der Waals surface area contributed by atoms with Crippen molar-refractivity contribution >= 4 is 27.1 Å². The highest BCUT2D eigenvalue weighted by Gasteiger charge is 2.24. The van der Waals surface area contributed by atoms with Gasteiger partial charge >= 0.3 is 6.03 Å². The Morgan fingerprint density at radius 2 is 1.65 bits per heavy atom. The Morgan fingerprint density at radius 3 is 2.13 bits per heavy atom. The normalized spacial score (nSPS) is 13.8. The van der Waals surface area contributed by atoms with E-state index in [-0.39, 0.29) is 12.1 Å². The van der Waals surface area contributed by atoms with E-state index in [0.29, 0.717) is 9.10 Å². The molecule has 0 spiro atoms. The van der Waals surface area contributed by atoms with Gasteiger partial charge in [-0.2, -0.15) is 0 Å². The Hall–Kier alpha value is -1.66. The lowest BCUT2D eigenvalue weighted by Gasteiger charge is -2.28. The van der Waals surface area contributed by atoms with Gasteiger partial charge in [-0.1, -0.05) is 24.3 Å². The molecule has 0 aliphatic heterocycles. The first kappa shape index (κ1) is 17.7. The Balaban J connectivity index is 2.60. The van der Waals surface area contributed by atoms with Crippen molar-refractivity contribution in [2.24, 2.45) is 4.36 Å². The van der Waals surface area contributed by atoms with Crippen LogP contribution >= 0.6 is 11.3 Å². The number of nitrogens with zero attached hydrogens (tertiary/aromatic N) is 2. The third kappa shape index (κ3) is 3.82. The minimum atomic E-state index is -2.96. The number of amides is 2. The zero-order valence-electron chi connectivity index (χ0n) is 13.8. The highest BCUT2D eigenvalue weighted by atomic mass is 32.2. The number of hydrogen-bond acceptors (Lipinski definition) is 3. The summed E-state index contributed by atoms with van der Waals surface area (Å²) in [5.41, 5.74) is 0. The van der Waals surface area contributed by atoms with Crippen molar-refractivity contribution in [2.45, 2.75) is 48.9 Å². The van der Waals surface area contributed by atoms with Gasteiger partial charge in [-0.15, -0.1) is 15.7 Å². The molecule has 1 heterocycles. The van der Waals surface area contributed by atoms with E-state index < -0.39 is 15.8 Å². The van der Waals surface area contributed by atoms with Crippen molar-refractivity contribution in [1.82, 2.24) is 4.90 Å². The Bertz CT molecular complexity index is 751. The van der Waals surface area contributed by atoms with E-state index in [0.717, 1.165) is 0 Å². The van der Waals surface area contributed by atoms with Gasteiger partial charge in [0, 0.05) is 12.1 Å². The first-order valence-electron chi connectivity index (χ1n) is 7.54. The second-order valence-corrected chi connectivity index (χ2v) is 9.09. The Labute approximate surface area is 142 Å². The van der Waals surface area contributed by atoms with Crippen LogP contribution in [0.4, 0.5) is 4.79 Å². The summed E-state index contributed by atoms with van der Waals surface area (Å²) in [7, 11) is -2.96. The van der Waals surface area contributed by atoms with Gasteiger partial charge in [0.1, 0.15) is 13.9 Å². The molecule has 2 aromatic rings. The molecule has 0 bridgehead atoms. The van der Waals surface area contributed by atoms with Gasteiger partial charge < -0.3 is 4.90 Å². The second-order valence-electron chi connectivity index (χ2n) is 5.74. The lowest BCUT2D eigenvalue weighted by Crippen LogP contribution is -2.40. The van der Waals surface area contributed by atoms with E-state index in [1.54, 1.807) is 23.1 Å². The van der Waals surface area contributed by atoms with Gasteiger partial charge in [0.15, 0.2) is 0 Å². The van der Waals surface area contributed by atoms with Crippen molar-refractivity contribution in [3.05, 3.63) is 47.8 Å². The zero-order valence-corrected chi connectivity index (χ0v) is 15.4. The number of benzene rings is 1. The third-order valence-corrected chi connectivity index (χ3v) is 7.00. The summed E-state index contributed by atoms with van der Waals surface area (Å²) in [5.74, 6) is 0. The van der Waals surface area contributed by atoms with Crippen LogP contribution in [0.15, 0.2) is 61.3 Å². The van der Waals surface area contributed by atoms with Gasteiger partial charge in [-0.25, -0.2) is 9.00 Å². The molecule has 1 aromatic carbocycles. The maximum atomic E-state index is 13.6. The molecule has 0 N–H and O–H groups in total. The summed E-state index contributed by atoms with van der Waals surface area (Å²) in [5, 5.41) is 1.85. The molecule has 6 heteroatoms. The molecule has 4 nitrogen and oxygen atoms in total. The van der Waals surface area contributed by atoms with Gasteiger partial charge in [-0.3, -0.25) is 0 Å². The predicted molar refractivity (Wildman–Crippen MR) is 95.4 cm³/mol. The fourth-order valence-electron chi connectivity index (χ4n) is 2.43. The van der Waals surface area contributed by atoms with E-state index in [1.165, 1.54) is 11.3 Å². The number of rotatable bonds is 4. The summed E-state index contributed by atoms with van der Waals surface area (Å²) in [6.45, 7) is 7.73. The highest BCUT2D eigenvalue weighted by molar-refractivity contribution is 7.95. The molecule has 0 saturated heterocycles. The van der Waals surface area contributed by atoms with Crippen molar-refractivity contribution < 1.29 is 9.00 Å². The zero-order chi connectivity index (χ0) is 17.0. The molecule has 0 aliphatic carbocycles. The molecule has 0 unspecified atom stereocenters. The maximum absolute atomic E-state index is 13.6. The average molecular weight is 351 g/mol. The maximum Gasteiger partial charge on any atom is 0.352 e. The summed E-state index contributed by atoms with van der Waals surface area (Å²) in [6, 6.07) is 12.1. The van der Waals surface area contributed by atoms with Gasteiger partial charge in [0.2, 0.25) is 0 Å². The monoisotopic (exact) mass is 350 g/mol. The molecule has 0 saturated carbocycles. The van der Waals surface area contributed by atoms with Crippen molar-refractivity contribution in [1.29, 1.82) is 0 Å². The topological polar surface area (TPSA) is 49.7 Å². The van der Waals surface area contributed by atoms with E-state index in [1.807, 2.05) is 57.3 Å². The van der Waals surface area contributed by atoms with Crippen LogP contribution in [0.25, 0.3) is 0 Å². The second kappa shape index (κ2) is 7.27. The molecule has 1 aromatic heterocycles. The average Bonchev–Trinajstić information content (AvgIpc) is 3.02. The number of hydrogen-bond donors (Lipinski definition) is 0. The standard InChI is InChI=1S/C17H22N2O2S2/c1-13(2)19(14(3)4)17(20)18-23(21,16-11-8-12-22-16)15-9-6-5-7-10-15/h5-14H,1-4H3/t23-/m1/s1. The van der Waals surface area contributed by atoms with Crippen molar-refractivity contribution in [3.8, 4) is 0 Å². The minimum Gasteiger partial charge on any atom is -0.318 e. The van der Waals surface area contributed by atoms with Crippen LogP contribution in [-0.4, -0.2) is 27.2 Å². The quantitative estimate of drug-likeness (QED) is 0.789. The summed E-state index contributed by atoms with van der Waals surface area (Å²) in [6.07, 6.45) is 0. The van der Waals surface area contributed by atoms with Crippen LogP contribution in [-0.2, 0) is 9.73 Å². The number of carbonyl (C=O) groups excluding carboxylic acids is 1. The lowest BCUT2D eigenvalue weighted by molar-refractivity contribution is 0.175. The summed E-state index contributed by atoms with van der Waals surface area (Å²) < 4.78 is 18.4. The fourth-order valence-corrected chi connectivity index (χ4v) is 5.50. The summed E-state index contributed by atoms with van der Waals surface area (Å²) in [4.78, 5) is 14.9. The number of carbonyl (C=O) groups is 1. The molecule has 0 radical (unpaired) electrons. The molecule has 124 valence electrons. The number of thiophene rings is 1. The van der Waals surface area contributed by atoms with Crippen LogP contribution in [0.1, 0.15) is 27.7 Å². The molecular weight excluding hydrogens is 328 g/mol. The minimum absolute atomic E-state index is 0.00555. The number of urea groups is 1. The van der Waals surface area contributed by atoms with E-state index in [4.69, 9.17) is 0 Å². The molecule has 0 fully saturated rings. The fraction of sp³-hybridized carbons (Fsp3) is 0.353. The van der Waals surface area contributed by atoms with Gasteiger partial charge in [0.25, 0.3) is 0 Å². The molecule has 1 atom stereocenters. The van der Waals surface area contributed by atoms with Crippen LogP contribution < -0.4 is 0 Å². The Kier molecular flexibility index (Phi) is 5.59. The molecular formula is C17H22N2O2S2. The van der Waals surface area contributed by atoms with Crippen LogP contribution in [0.5, 0.6) is 0 Å². The lowest BCUT2D eigenvalue weighted by atomic mass is 10.2. The van der Waals surface area contributed by atoms with E-state index >= 15 is 0 Å². The largest absolute Gasteiger partial charge is 0.352 e. The summed E-state index contributed by atoms with van der Waals surface area (Å²) >= 11 is 1.36. The molecule has 23 heavy (non-hydrogen) atoms. The van der Waals surface area contributed by atoms with Crippen molar-refractivity contribution in [2.75, 3.05) is 0 Å². The molecule has 2 amide bonds. The molecule has 0 aliphatic rings. The third-order valence-electron chi connectivity index (χ3n) is 3.37. The van der Waals surface area contributed by atoms with E-state index in [2.05, 4.69) is 4.36 Å². The van der Waals surface area contributed by atoms with Crippen LogP contribution in [0.2, 0.25) is 0 Å². The first-order chi connectivity index (χ1) is 10.9. The molecule has 2 rings (SSSR count). The SMILES string of the molecule is CC(C)N(C(=O)N=[S@@](=O)(c1ccccc1)c1cccs1)C(C)C. The first-order valence-corrected chi connectivity index (χ1v) is 9.94. The highest BCUT2D eigenvalue weighted by Crippen LogP contribution is 2.28. The van der Waals surface area contributed by atoms with Crippen molar-refractivity contribution in [3.63, 3.8) is 0 Å². The van der Waals surface area contributed by atoms with E-state index in [9.17, 15) is 9.00 Å². The Morgan fingerprint density at radius 1 is 1.04 bits per heavy atom. The smallest absolute Gasteiger partial charge is 0.318 e.